The van der Waals surface area contributed by atoms with Gasteiger partial charge in [-0.2, -0.15) is 0 Å². The van der Waals surface area contributed by atoms with Crippen molar-refractivity contribution in [2.45, 2.75) is 29.7 Å². The molecule has 134 valence electrons. The molecule has 1 N–H and O–H groups in total. The molecule has 1 heterocycles. The number of aliphatic hydroxyl groups is 1. The Balaban J connectivity index is 1.77. The molecule has 0 saturated carbocycles. The first-order valence-electron chi connectivity index (χ1n) is 8.20. The van der Waals surface area contributed by atoms with Crippen LogP contribution in [0.1, 0.15) is 17.5 Å². The van der Waals surface area contributed by atoms with E-state index in [-0.39, 0.29) is 6.10 Å². The van der Waals surface area contributed by atoms with Gasteiger partial charge in [-0.15, -0.1) is 11.8 Å². The molecule has 0 aliphatic carbocycles. The van der Waals surface area contributed by atoms with E-state index < -0.39 is 0 Å². The number of likely N-dealkylation sites (tertiary alicyclic amines) is 1. The van der Waals surface area contributed by atoms with Crippen molar-refractivity contribution >= 4 is 39.3 Å². The van der Waals surface area contributed by atoms with E-state index in [0.717, 1.165) is 57.5 Å². The number of β-amino-alcohol motifs (C(OH)–C–C–N with tert-alkyl or cyclic N) is 1. The smallest absolute Gasteiger partial charge is 0.122 e. The number of hydrogen-bond acceptors (Lipinski definition) is 4. The Kier molecular flexibility index (Phi) is 6.69. The van der Waals surface area contributed by atoms with Crippen LogP contribution < -0.4 is 4.74 Å². The lowest BCUT2D eigenvalue weighted by Crippen LogP contribution is -2.21. The minimum Gasteiger partial charge on any atom is -0.496 e. The lowest BCUT2D eigenvalue weighted by Gasteiger charge is -2.18. The van der Waals surface area contributed by atoms with E-state index in [1.54, 1.807) is 18.9 Å². The molecule has 2 aromatic rings. The number of methoxy groups -OCH3 is 1. The van der Waals surface area contributed by atoms with Crippen LogP contribution in [0.4, 0.5) is 0 Å². The lowest BCUT2D eigenvalue weighted by molar-refractivity contribution is 0.174. The predicted octanol–water partition coefficient (Wildman–Crippen LogP) is 4.97. The van der Waals surface area contributed by atoms with Gasteiger partial charge < -0.3 is 9.84 Å². The maximum absolute atomic E-state index is 9.75. The number of benzene rings is 2. The van der Waals surface area contributed by atoms with Crippen LogP contribution in [-0.4, -0.2) is 36.3 Å². The molecule has 0 aromatic heterocycles. The Labute approximate surface area is 166 Å². The van der Waals surface area contributed by atoms with Crippen LogP contribution in [0.15, 0.2) is 45.8 Å². The molecule has 0 radical (unpaired) electrons. The Morgan fingerprint density at radius 1 is 1.32 bits per heavy atom. The number of ether oxygens (including phenoxy) is 1. The van der Waals surface area contributed by atoms with Crippen molar-refractivity contribution in [2.75, 3.05) is 20.2 Å². The van der Waals surface area contributed by atoms with Gasteiger partial charge in [0.1, 0.15) is 5.75 Å². The van der Waals surface area contributed by atoms with Gasteiger partial charge in [-0.05, 0) is 36.2 Å². The molecule has 3 rings (SSSR count). The number of halogens is 2. The Morgan fingerprint density at radius 2 is 2.16 bits per heavy atom. The maximum atomic E-state index is 9.75. The molecule has 2 aromatic carbocycles. The standard InChI is InChI=1S/C19H21BrClNO2S/c1-24-18-6-5-15(20)9-14(18)12-25-19-13(3-2-4-17(19)21)10-22-8-7-16(23)11-22/h2-6,9,16,23H,7-8,10-12H2,1H3/t16-/m1/s1. The van der Waals surface area contributed by atoms with Crippen molar-refractivity contribution < 1.29 is 9.84 Å². The van der Waals surface area contributed by atoms with Crippen molar-refractivity contribution in [3.63, 3.8) is 0 Å². The minimum absolute atomic E-state index is 0.207. The third kappa shape index (κ3) is 4.92. The van der Waals surface area contributed by atoms with Crippen LogP contribution in [0, 0.1) is 0 Å². The van der Waals surface area contributed by atoms with Gasteiger partial charge >= 0.3 is 0 Å². The highest BCUT2D eigenvalue weighted by atomic mass is 79.9. The fourth-order valence-electron chi connectivity index (χ4n) is 3.05. The summed E-state index contributed by atoms with van der Waals surface area (Å²) in [6.07, 6.45) is 0.638. The molecular formula is C19H21BrClNO2S. The summed E-state index contributed by atoms with van der Waals surface area (Å²) in [6.45, 7) is 2.48. The van der Waals surface area contributed by atoms with Gasteiger partial charge in [-0.3, -0.25) is 4.90 Å². The van der Waals surface area contributed by atoms with Crippen molar-refractivity contribution in [3.8, 4) is 5.75 Å². The molecule has 1 saturated heterocycles. The van der Waals surface area contributed by atoms with Crippen LogP contribution in [0.25, 0.3) is 0 Å². The number of nitrogens with zero attached hydrogens (tertiary/aromatic N) is 1. The predicted molar refractivity (Wildman–Crippen MR) is 108 cm³/mol. The molecule has 3 nitrogen and oxygen atoms in total. The summed E-state index contributed by atoms with van der Waals surface area (Å²) in [4.78, 5) is 3.38. The molecule has 0 spiro atoms. The van der Waals surface area contributed by atoms with Crippen molar-refractivity contribution in [1.29, 1.82) is 0 Å². The summed E-state index contributed by atoms with van der Waals surface area (Å²) in [6, 6.07) is 12.1. The first-order valence-corrected chi connectivity index (χ1v) is 10.4. The number of rotatable bonds is 6. The monoisotopic (exact) mass is 441 g/mol. The molecule has 1 aliphatic rings. The molecule has 6 heteroatoms. The first kappa shape index (κ1) is 19.1. The summed E-state index contributed by atoms with van der Waals surface area (Å²) in [5, 5.41) is 10.5. The average Bonchev–Trinajstić information content (AvgIpc) is 2.99. The Hall–Kier alpha value is -0.720. The van der Waals surface area contributed by atoms with Crippen LogP contribution in [0.5, 0.6) is 5.75 Å². The summed E-state index contributed by atoms with van der Waals surface area (Å²) >= 11 is 11.7. The highest BCUT2D eigenvalue weighted by molar-refractivity contribution is 9.10. The van der Waals surface area contributed by atoms with Gasteiger partial charge in [-0.1, -0.05) is 39.7 Å². The Bertz CT molecular complexity index is 743. The van der Waals surface area contributed by atoms with Crippen LogP contribution in [0.3, 0.4) is 0 Å². The van der Waals surface area contributed by atoms with Crippen molar-refractivity contribution in [3.05, 3.63) is 57.0 Å². The summed E-state index contributed by atoms with van der Waals surface area (Å²) < 4.78 is 6.50. The second-order valence-electron chi connectivity index (χ2n) is 6.15. The number of thioether (sulfide) groups is 1. The highest BCUT2D eigenvalue weighted by Crippen LogP contribution is 2.36. The van der Waals surface area contributed by atoms with Crippen LogP contribution >= 0.6 is 39.3 Å². The normalized spacial score (nSPS) is 17.8. The van der Waals surface area contributed by atoms with Crippen LogP contribution in [-0.2, 0) is 12.3 Å². The minimum atomic E-state index is -0.207. The topological polar surface area (TPSA) is 32.7 Å². The molecule has 1 fully saturated rings. The quantitative estimate of drug-likeness (QED) is 0.640. The van der Waals surface area contributed by atoms with E-state index in [9.17, 15) is 5.11 Å². The fraction of sp³-hybridized carbons (Fsp3) is 0.368. The zero-order valence-corrected chi connectivity index (χ0v) is 17.2. The van der Waals surface area contributed by atoms with Gasteiger partial charge in [0.2, 0.25) is 0 Å². The number of hydrogen-bond donors (Lipinski definition) is 1. The van der Waals surface area contributed by atoms with Crippen molar-refractivity contribution in [2.24, 2.45) is 0 Å². The molecule has 1 aliphatic heterocycles. The highest BCUT2D eigenvalue weighted by Gasteiger charge is 2.21. The van der Waals surface area contributed by atoms with E-state index in [2.05, 4.69) is 33.0 Å². The van der Waals surface area contributed by atoms with Crippen LogP contribution in [0.2, 0.25) is 5.02 Å². The molecule has 0 amide bonds. The average molecular weight is 443 g/mol. The van der Waals surface area contributed by atoms with Gasteiger partial charge in [-0.25, -0.2) is 0 Å². The van der Waals surface area contributed by atoms with E-state index >= 15 is 0 Å². The van der Waals surface area contributed by atoms with E-state index in [0.29, 0.717) is 0 Å². The second kappa shape index (κ2) is 8.78. The molecular weight excluding hydrogens is 422 g/mol. The van der Waals surface area contributed by atoms with Gasteiger partial charge in [0, 0.05) is 40.3 Å². The maximum Gasteiger partial charge on any atom is 0.122 e. The lowest BCUT2D eigenvalue weighted by atomic mass is 10.2. The number of aliphatic hydroxyl groups excluding tert-OH is 1. The second-order valence-corrected chi connectivity index (χ2v) is 8.46. The SMILES string of the molecule is COc1ccc(Br)cc1CSc1c(Cl)cccc1CN1CC[C@@H](O)C1. The molecule has 25 heavy (non-hydrogen) atoms. The first-order chi connectivity index (χ1) is 12.1. The summed E-state index contributed by atoms with van der Waals surface area (Å²) in [5.41, 5.74) is 2.34. The summed E-state index contributed by atoms with van der Waals surface area (Å²) in [7, 11) is 1.69. The zero-order chi connectivity index (χ0) is 17.8. The van der Waals surface area contributed by atoms with Gasteiger partial charge in [0.25, 0.3) is 0 Å². The van der Waals surface area contributed by atoms with Gasteiger partial charge in [0.05, 0.1) is 18.2 Å². The largest absolute Gasteiger partial charge is 0.496 e. The molecule has 0 unspecified atom stereocenters. The summed E-state index contributed by atoms with van der Waals surface area (Å²) in [5.74, 6) is 1.66. The van der Waals surface area contributed by atoms with Gasteiger partial charge in [0.15, 0.2) is 0 Å². The molecule has 1 atom stereocenters. The Morgan fingerprint density at radius 3 is 2.88 bits per heavy atom. The third-order valence-electron chi connectivity index (χ3n) is 4.30. The van der Waals surface area contributed by atoms with E-state index in [4.69, 9.17) is 16.3 Å². The van der Waals surface area contributed by atoms with Crippen molar-refractivity contribution in [1.82, 2.24) is 4.90 Å². The third-order valence-corrected chi connectivity index (χ3v) is 6.45. The molecule has 0 bridgehead atoms. The fourth-order valence-corrected chi connectivity index (χ4v) is 4.86. The zero-order valence-electron chi connectivity index (χ0n) is 14.0. The van der Waals surface area contributed by atoms with E-state index in [1.807, 2.05) is 24.3 Å². The van der Waals surface area contributed by atoms with E-state index in [1.165, 1.54) is 5.56 Å².